The van der Waals surface area contributed by atoms with Crippen molar-refractivity contribution in [2.45, 2.75) is 25.2 Å². The molecule has 0 aromatic heterocycles. The van der Waals surface area contributed by atoms with Gasteiger partial charge in [-0.3, -0.25) is 4.99 Å². The molecule has 0 saturated carbocycles. The van der Waals surface area contributed by atoms with Gasteiger partial charge in [0.15, 0.2) is 15.8 Å². The molecule has 0 radical (unpaired) electrons. The molecule has 20 heavy (non-hydrogen) atoms. The maximum atomic E-state index is 12.1. The zero-order valence-electron chi connectivity index (χ0n) is 12.1. The second kappa shape index (κ2) is 8.58. The highest BCUT2D eigenvalue weighted by molar-refractivity contribution is 7.91. The molecule has 0 aliphatic rings. The van der Waals surface area contributed by atoms with Crippen LogP contribution in [0.1, 0.15) is 20.3 Å². The summed E-state index contributed by atoms with van der Waals surface area (Å²) in [5.41, 5.74) is 0. The van der Waals surface area contributed by atoms with Crippen LogP contribution in [0, 0.1) is 0 Å². The molecule has 5 nitrogen and oxygen atoms in total. The summed E-state index contributed by atoms with van der Waals surface area (Å²) in [6.07, 6.45) is 0.957. The predicted molar refractivity (Wildman–Crippen MR) is 82.8 cm³/mol. The second-order valence-electron chi connectivity index (χ2n) is 4.32. The van der Waals surface area contributed by atoms with E-state index in [9.17, 15) is 8.42 Å². The summed E-state index contributed by atoms with van der Waals surface area (Å²) >= 11 is 0. The zero-order valence-corrected chi connectivity index (χ0v) is 12.9. The van der Waals surface area contributed by atoms with E-state index in [1.807, 2.05) is 13.8 Å². The number of nitrogens with zero attached hydrogens (tertiary/aromatic N) is 1. The van der Waals surface area contributed by atoms with E-state index in [4.69, 9.17) is 0 Å². The lowest BCUT2D eigenvalue weighted by atomic mass is 10.4. The molecule has 1 aromatic carbocycles. The van der Waals surface area contributed by atoms with Crippen LogP contribution < -0.4 is 10.6 Å². The molecule has 0 spiro atoms. The van der Waals surface area contributed by atoms with E-state index < -0.39 is 9.84 Å². The molecule has 112 valence electrons. The maximum absolute atomic E-state index is 12.1. The van der Waals surface area contributed by atoms with Gasteiger partial charge in [-0.1, -0.05) is 25.1 Å². The minimum atomic E-state index is -3.24. The third-order valence-electron chi connectivity index (χ3n) is 2.60. The van der Waals surface area contributed by atoms with E-state index in [2.05, 4.69) is 15.6 Å². The van der Waals surface area contributed by atoms with Gasteiger partial charge in [-0.25, -0.2) is 8.42 Å². The lowest BCUT2D eigenvalue weighted by Crippen LogP contribution is -2.39. The SMILES string of the molecule is CCCN=C(NCC)NCCS(=O)(=O)c1ccccc1. The van der Waals surface area contributed by atoms with Gasteiger partial charge in [0.25, 0.3) is 0 Å². The fourth-order valence-electron chi connectivity index (χ4n) is 1.61. The number of hydrogen-bond donors (Lipinski definition) is 2. The summed E-state index contributed by atoms with van der Waals surface area (Å²) < 4.78 is 24.2. The summed E-state index contributed by atoms with van der Waals surface area (Å²) in [5, 5.41) is 6.13. The quantitative estimate of drug-likeness (QED) is 0.590. The van der Waals surface area contributed by atoms with Crippen molar-refractivity contribution in [2.24, 2.45) is 4.99 Å². The highest BCUT2D eigenvalue weighted by atomic mass is 32.2. The van der Waals surface area contributed by atoms with Crippen LogP contribution in [-0.2, 0) is 9.84 Å². The van der Waals surface area contributed by atoms with Crippen molar-refractivity contribution in [1.29, 1.82) is 0 Å². The smallest absolute Gasteiger partial charge is 0.191 e. The summed E-state index contributed by atoms with van der Waals surface area (Å²) in [5.74, 6) is 0.714. The second-order valence-corrected chi connectivity index (χ2v) is 6.43. The van der Waals surface area contributed by atoms with E-state index in [1.165, 1.54) is 0 Å². The van der Waals surface area contributed by atoms with Gasteiger partial charge in [0.05, 0.1) is 10.6 Å². The number of sulfone groups is 1. The van der Waals surface area contributed by atoms with Crippen LogP contribution in [0.3, 0.4) is 0 Å². The van der Waals surface area contributed by atoms with Crippen molar-refractivity contribution in [3.63, 3.8) is 0 Å². The van der Waals surface area contributed by atoms with E-state index in [1.54, 1.807) is 30.3 Å². The molecular formula is C14H23N3O2S. The number of aliphatic imine (C=N–C) groups is 1. The third-order valence-corrected chi connectivity index (χ3v) is 4.34. The maximum Gasteiger partial charge on any atom is 0.191 e. The lowest BCUT2D eigenvalue weighted by molar-refractivity contribution is 0.594. The van der Waals surface area contributed by atoms with Crippen LogP contribution in [0.5, 0.6) is 0 Å². The molecule has 0 saturated heterocycles. The number of hydrogen-bond acceptors (Lipinski definition) is 3. The zero-order chi connectivity index (χ0) is 14.8. The molecule has 0 aliphatic heterocycles. The molecule has 2 N–H and O–H groups in total. The first-order valence-corrected chi connectivity index (χ1v) is 8.55. The monoisotopic (exact) mass is 297 g/mol. The molecule has 0 heterocycles. The Morgan fingerprint density at radius 3 is 2.45 bits per heavy atom. The van der Waals surface area contributed by atoms with Gasteiger partial charge in [-0.05, 0) is 25.5 Å². The molecular weight excluding hydrogens is 274 g/mol. The van der Waals surface area contributed by atoms with E-state index in [0.29, 0.717) is 17.4 Å². The normalized spacial score (nSPS) is 12.2. The van der Waals surface area contributed by atoms with Crippen molar-refractivity contribution in [3.05, 3.63) is 30.3 Å². The van der Waals surface area contributed by atoms with Crippen molar-refractivity contribution < 1.29 is 8.42 Å². The lowest BCUT2D eigenvalue weighted by Gasteiger charge is -2.11. The molecule has 6 heteroatoms. The van der Waals surface area contributed by atoms with E-state index in [0.717, 1.165) is 19.5 Å². The summed E-state index contributed by atoms with van der Waals surface area (Å²) in [6.45, 7) is 5.84. The predicted octanol–water partition coefficient (Wildman–Crippen LogP) is 1.43. The number of benzene rings is 1. The molecule has 0 atom stereocenters. The van der Waals surface area contributed by atoms with Crippen LogP contribution in [-0.4, -0.2) is 39.8 Å². The molecule has 0 unspecified atom stereocenters. The Balaban J connectivity index is 2.54. The Labute approximate surface area is 121 Å². The van der Waals surface area contributed by atoms with Crippen LogP contribution in [0.4, 0.5) is 0 Å². The van der Waals surface area contributed by atoms with Crippen molar-refractivity contribution in [1.82, 2.24) is 10.6 Å². The van der Waals surface area contributed by atoms with Crippen LogP contribution >= 0.6 is 0 Å². The minimum Gasteiger partial charge on any atom is -0.357 e. The topological polar surface area (TPSA) is 70.6 Å². The third kappa shape index (κ3) is 5.61. The fourth-order valence-corrected chi connectivity index (χ4v) is 2.79. The summed E-state index contributed by atoms with van der Waals surface area (Å²) in [7, 11) is -3.24. The fraction of sp³-hybridized carbons (Fsp3) is 0.500. The molecule has 0 aliphatic carbocycles. The highest BCUT2D eigenvalue weighted by Gasteiger charge is 2.13. The Kier molecular flexibility index (Phi) is 7.08. The Morgan fingerprint density at radius 2 is 1.85 bits per heavy atom. The van der Waals surface area contributed by atoms with Gasteiger partial charge in [0.1, 0.15) is 0 Å². The van der Waals surface area contributed by atoms with Gasteiger partial charge < -0.3 is 10.6 Å². The van der Waals surface area contributed by atoms with Crippen LogP contribution in [0.15, 0.2) is 40.2 Å². The Morgan fingerprint density at radius 1 is 1.15 bits per heavy atom. The van der Waals surface area contributed by atoms with Crippen LogP contribution in [0.2, 0.25) is 0 Å². The van der Waals surface area contributed by atoms with Gasteiger partial charge in [-0.15, -0.1) is 0 Å². The minimum absolute atomic E-state index is 0.0492. The number of rotatable bonds is 7. The van der Waals surface area contributed by atoms with Gasteiger partial charge in [0.2, 0.25) is 0 Å². The summed E-state index contributed by atoms with van der Waals surface area (Å²) in [6, 6.07) is 8.50. The number of nitrogens with one attached hydrogen (secondary N) is 2. The van der Waals surface area contributed by atoms with Crippen molar-refractivity contribution in [2.75, 3.05) is 25.4 Å². The van der Waals surface area contributed by atoms with Crippen molar-refractivity contribution in [3.8, 4) is 0 Å². The van der Waals surface area contributed by atoms with Crippen LogP contribution in [0.25, 0.3) is 0 Å². The first kappa shape index (κ1) is 16.5. The molecule has 0 bridgehead atoms. The van der Waals surface area contributed by atoms with Crippen molar-refractivity contribution >= 4 is 15.8 Å². The largest absolute Gasteiger partial charge is 0.357 e. The van der Waals surface area contributed by atoms with Gasteiger partial charge in [0, 0.05) is 19.6 Å². The van der Waals surface area contributed by atoms with E-state index in [-0.39, 0.29) is 5.75 Å². The average Bonchev–Trinajstić information content (AvgIpc) is 2.45. The van der Waals surface area contributed by atoms with Gasteiger partial charge >= 0.3 is 0 Å². The summed E-state index contributed by atoms with van der Waals surface area (Å²) in [4.78, 5) is 4.68. The number of guanidine groups is 1. The molecule has 0 amide bonds. The first-order valence-electron chi connectivity index (χ1n) is 6.90. The standard InChI is InChI=1S/C14H23N3O2S/c1-3-10-16-14(15-4-2)17-11-12-20(18,19)13-8-6-5-7-9-13/h5-9H,3-4,10-12H2,1-2H3,(H2,15,16,17). The first-order chi connectivity index (χ1) is 9.60. The Hall–Kier alpha value is -1.56. The molecule has 0 fully saturated rings. The average molecular weight is 297 g/mol. The van der Waals surface area contributed by atoms with E-state index >= 15 is 0 Å². The van der Waals surface area contributed by atoms with Gasteiger partial charge in [-0.2, -0.15) is 0 Å². The highest BCUT2D eigenvalue weighted by Crippen LogP contribution is 2.09. The molecule has 1 aromatic rings. The Bertz CT molecular complexity index is 512. The molecule has 1 rings (SSSR count).